The molecule has 112 valence electrons. The Balaban J connectivity index is 2.20. The highest BCUT2D eigenvalue weighted by Crippen LogP contribution is 2.29. The summed E-state index contributed by atoms with van der Waals surface area (Å²) in [5.74, 6) is 0. The fourth-order valence-corrected chi connectivity index (χ4v) is 5.71. The Morgan fingerprint density at radius 1 is 0.857 bits per heavy atom. The molecule has 0 bridgehead atoms. The van der Waals surface area contributed by atoms with Crippen LogP contribution in [0.5, 0.6) is 0 Å². The van der Waals surface area contributed by atoms with Gasteiger partial charge in [0.15, 0.2) is 0 Å². The largest absolute Gasteiger partial charge is 0.341 e. The number of rotatable bonds is 5. The molecule has 2 rings (SSSR count). The normalized spacial score (nSPS) is 12.2. The van der Waals surface area contributed by atoms with Gasteiger partial charge in [-0.25, -0.2) is 0 Å². The monoisotopic (exact) mass is 364 g/mol. The van der Waals surface area contributed by atoms with E-state index in [1.807, 2.05) is 0 Å². The maximum Gasteiger partial charge on any atom is 0.341 e. The van der Waals surface area contributed by atoms with Crippen molar-refractivity contribution in [2.24, 2.45) is 0 Å². The smallest absolute Gasteiger partial charge is 0.193 e. The van der Waals surface area contributed by atoms with E-state index in [4.69, 9.17) is 11.6 Å². The Morgan fingerprint density at radius 3 is 2.00 bits per heavy atom. The van der Waals surface area contributed by atoms with Crippen molar-refractivity contribution in [3.05, 3.63) is 59.6 Å². The van der Waals surface area contributed by atoms with Crippen LogP contribution in [-0.2, 0) is 22.9 Å². The van der Waals surface area contributed by atoms with Gasteiger partial charge >= 0.3 is 19.3 Å². The van der Waals surface area contributed by atoms with Gasteiger partial charge in [0.25, 0.3) is 0 Å². The topological polar surface area (TPSA) is 77.5 Å². The molecule has 0 atom stereocenters. The van der Waals surface area contributed by atoms with E-state index >= 15 is 0 Å². The van der Waals surface area contributed by atoms with Crippen LogP contribution in [0.2, 0.25) is 5.02 Å². The summed E-state index contributed by atoms with van der Waals surface area (Å²) in [6, 6.07) is 12.9. The van der Waals surface area contributed by atoms with Crippen molar-refractivity contribution >= 4 is 41.7 Å². The van der Waals surface area contributed by atoms with Crippen molar-refractivity contribution in [1.29, 1.82) is 0 Å². The Kier molecular flexibility index (Phi) is 4.95. The molecule has 0 aromatic heterocycles. The molecule has 0 aliphatic carbocycles. The van der Waals surface area contributed by atoms with Crippen molar-refractivity contribution in [2.75, 3.05) is 0 Å². The van der Waals surface area contributed by atoms with Gasteiger partial charge in [-0.2, -0.15) is 16.8 Å². The van der Waals surface area contributed by atoms with Gasteiger partial charge in [-0.3, -0.25) is 0 Å². The highest BCUT2D eigenvalue weighted by atomic mass is 35.5. The first-order valence-corrected chi connectivity index (χ1v) is 10.0. The predicted octanol–water partition coefficient (Wildman–Crippen LogP) is 3.08. The fourth-order valence-electron chi connectivity index (χ4n) is 1.36. The summed E-state index contributed by atoms with van der Waals surface area (Å²) >= 11 is 5.68. The summed E-state index contributed by atoms with van der Waals surface area (Å²) in [6.45, 7) is 0. The van der Waals surface area contributed by atoms with Gasteiger partial charge in [-0.05, 0) is 36.4 Å². The van der Waals surface area contributed by atoms with Crippen LogP contribution in [0.25, 0.3) is 0 Å². The molecule has 0 heterocycles. The molecular weight excluding hydrogens is 356 g/mol. The van der Waals surface area contributed by atoms with Gasteiger partial charge in [0, 0.05) is 20.7 Å². The van der Waals surface area contributed by atoms with Crippen LogP contribution in [0.3, 0.4) is 0 Å². The highest BCUT2D eigenvalue weighted by molar-refractivity contribution is 8.71. The average Bonchev–Trinajstić information content (AvgIpc) is 2.41. The lowest BCUT2D eigenvalue weighted by Crippen LogP contribution is -2.10. The van der Waals surface area contributed by atoms with Crippen LogP contribution in [0, 0.1) is 0 Å². The van der Waals surface area contributed by atoms with Gasteiger partial charge in [0.2, 0.25) is 0 Å². The Morgan fingerprint density at radius 2 is 1.43 bits per heavy atom. The van der Waals surface area contributed by atoms with E-state index in [1.165, 1.54) is 48.5 Å². The zero-order chi connectivity index (χ0) is 15.5. The molecule has 0 radical (unpaired) electrons. The van der Waals surface area contributed by atoms with Crippen LogP contribution in [0.1, 0.15) is 0 Å². The zero-order valence-electron chi connectivity index (χ0n) is 10.3. The maximum absolute atomic E-state index is 11.9. The van der Waals surface area contributed by atoms with Gasteiger partial charge in [-0.15, -0.1) is 3.63 Å². The number of hydrogen-bond donors (Lipinski definition) is 0. The van der Waals surface area contributed by atoms with E-state index < -0.39 is 19.3 Å². The van der Waals surface area contributed by atoms with E-state index in [2.05, 4.69) is 3.63 Å². The number of hydrogen-bond acceptors (Lipinski definition) is 6. The number of halogens is 1. The summed E-state index contributed by atoms with van der Waals surface area (Å²) in [5.41, 5.74) is 0. The molecule has 9 heteroatoms. The molecule has 0 unspecified atom stereocenters. The third kappa shape index (κ3) is 4.72. The minimum atomic E-state index is -4.38. The molecule has 0 saturated carbocycles. The second-order valence-electron chi connectivity index (χ2n) is 3.78. The molecule has 2 aromatic carbocycles. The highest BCUT2D eigenvalue weighted by Gasteiger charge is 2.26. The van der Waals surface area contributed by atoms with E-state index in [-0.39, 0.29) is 15.7 Å². The molecule has 2 aromatic rings. The summed E-state index contributed by atoms with van der Waals surface area (Å²) in [7, 11) is -8.46. The third-order valence-electron chi connectivity index (χ3n) is 2.22. The summed E-state index contributed by atoms with van der Waals surface area (Å²) in [6.07, 6.45) is 0. The zero-order valence-corrected chi connectivity index (χ0v) is 13.5. The van der Waals surface area contributed by atoms with Crippen LogP contribution >= 0.6 is 22.4 Å². The second-order valence-corrected chi connectivity index (χ2v) is 9.32. The molecule has 0 spiro atoms. The molecule has 0 N–H and O–H groups in total. The Hall–Kier alpha value is -1.06. The third-order valence-corrected chi connectivity index (χ3v) is 7.06. The predicted molar refractivity (Wildman–Crippen MR) is 80.9 cm³/mol. The van der Waals surface area contributed by atoms with Gasteiger partial charge in [0.05, 0.1) is 4.90 Å². The summed E-state index contributed by atoms with van der Waals surface area (Å²) in [4.78, 5) is 0.0629. The molecular formula is C12H9ClO5S3. The van der Waals surface area contributed by atoms with Crippen molar-refractivity contribution < 1.29 is 20.5 Å². The van der Waals surface area contributed by atoms with Crippen LogP contribution in [0.15, 0.2) is 64.4 Å². The molecule has 5 nitrogen and oxygen atoms in total. The average molecular weight is 365 g/mol. The molecule has 0 amide bonds. The summed E-state index contributed by atoms with van der Waals surface area (Å²) in [5, 5.41) is 0.439. The maximum atomic E-state index is 11.9. The Labute approximate surface area is 131 Å². The van der Waals surface area contributed by atoms with Crippen molar-refractivity contribution in [3.63, 3.8) is 0 Å². The first kappa shape index (κ1) is 16.3. The van der Waals surface area contributed by atoms with Crippen molar-refractivity contribution in [2.45, 2.75) is 9.79 Å². The fraction of sp³-hybridized carbons (Fsp3) is 0. The molecule has 0 aliphatic heterocycles. The molecule has 21 heavy (non-hydrogen) atoms. The first-order valence-electron chi connectivity index (χ1n) is 5.50. The van der Waals surface area contributed by atoms with Crippen LogP contribution in [0.4, 0.5) is 0 Å². The lowest BCUT2D eigenvalue weighted by molar-refractivity contribution is 0.474. The lowest BCUT2D eigenvalue weighted by atomic mass is 10.4. The SMILES string of the molecule is O=S(=O)(OS(=O)(=O)c1ccccc1)Sc1ccc(Cl)cc1. The molecule has 0 aliphatic rings. The van der Waals surface area contributed by atoms with Crippen LogP contribution in [-0.4, -0.2) is 16.8 Å². The Bertz CT molecular complexity index is 815. The van der Waals surface area contributed by atoms with E-state index in [0.717, 1.165) is 0 Å². The van der Waals surface area contributed by atoms with Crippen LogP contribution < -0.4 is 0 Å². The van der Waals surface area contributed by atoms with E-state index in [9.17, 15) is 16.8 Å². The van der Waals surface area contributed by atoms with Gasteiger partial charge in [0.1, 0.15) is 0 Å². The first-order chi connectivity index (χ1) is 9.78. The number of benzene rings is 2. The standard InChI is InChI=1S/C12H9ClO5S3/c13-10-6-8-11(9-7-10)19-21(16,17)18-20(14,15)12-4-2-1-3-5-12/h1-9H. The van der Waals surface area contributed by atoms with E-state index in [1.54, 1.807) is 6.07 Å². The molecule has 0 fully saturated rings. The van der Waals surface area contributed by atoms with E-state index in [0.29, 0.717) is 9.92 Å². The minimum absolute atomic E-state index is 0.231. The van der Waals surface area contributed by atoms with Crippen molar-refractivity contribution in [1.82, 2.24) is 0 Å². The lowest BCUT2D eigenvalue weighted by Gasteiger charge is -2.05. The van der Waals surface area contributed by atoms with Gasteiger partial charge in [-0.1, -0.05) is 29.8 Å². The quantitative estimate of drug-likeness (QED) is 0.759. The van der Waals surface area contributed by atoms with Gasteiger partial charge < -0.3 is 0 Å². The minimum Gasteiger partial charge on any atom is -0.193 e. The van der Waals surface area contributed by atoms with Crippen molar-refractivity contribution in [3.8, 4) is 0 Å². The summed E-state index contributed by atoms with van der Waals surface area (Å²) < 4.78 is 51.6. The molecule has 0 saturated heterocycles. The second kappa shape index (κ2) is 6.37.